The Morgan fingerprint density at radius 3 is 2.58 bits per heavy atom. The fourth-order valence-corrected chi connectivity index (χ4v) is 2.25. The zero-order chi connectivity index (χ0) is 13.8. The van der Waals surface area contributed by atoms with Crippen LogP contribution in [0.25, 0.3) is 0 Å². The fourth-order valence-electron chi connectivity index (χ4n) is 2.25. The van der Waals surface area contributed by atoms with Crippen molar-refractivity contribution in [2.24, 2.45) is 0 Å². The van der Waals surface area contributed by atoms with E-state index in [0.717, 1.165) is 22.4 Å². The van der Waals surface area contributed by atoms with E-state index < -0.39 is 6.10 Å². The lowest BCUT2D eigenvalue weighted by Gasteiger charge is -2.15. The Labute approximate surface area is 114 Å². The van der Waals surface area contributed by atoms with Crippen LogP contribution in [-0.2, 0) is 0 Å². The summed E-state index contributed by atoms with van der Waals surface area (Å²) in [6.07, 6.45) is -0.610. The number of hydrogen-bond acceptors (Lipinski definition) is 2. The number of rotatable bonds is 4. The van der Waals surface area contributed by atoms with Crippen molar-refractivity contribution in [3.8, 4) is 5.75 Å². The predicted octanol–water partition coefficient (Wildman–Crippen LogP) is 3.78. The first-order chi connectivity index (χ1) is 9.11. The van der Waals surface area contributed by atoms with Crippen molar-refractivity contribution in [3.63, 3.8) is 0 Å². The van der Waals surface area contributed by atoms with Gasteiger partial charge < -0.3 is 9.84 Å². The van der Waals surface area contributed by atoms with Crippen molar-refractivity contribution < 1.29 is 9.84 Å². The Kier molecular flexibility index (Phi) is 4.23. The van der Waals surface area contributed by atoms with E-state index in [1.807, 2.05) is 50.2 Å². The molecular weight excluding hydrogens is 236 g/mol. The van der Waals surface area contributed by atoms with Crippen molar-refractivity contribution in [1.82, 2.24) is 0 Å². The Balaban J connectivity index is 2.32. The predicted molar refractivity (Wildman–Crippen MR) is 77.6 cm³/mol. The monoisotopic (exact) mass is 256 g/mol. The summed E-state index contributed by atoms with van der Waals surface area (Å²) in [7, 11) is 0. The van der Waals surface area contributed by atoms with Crippen molar-refractivity contribution in [2.75, 3.05) is 6.61 Å². The van der Waals surface area contributed by atoms with Gasteiger partial charge in [0.15, 0.2) is 0 Å². The molecule has 0 saturated carbocycles. The van der Waals surface area contributed by atoms with Gasteiger partial charge in [-0.05, 0) is 49.6 Å². The molecule has 0 aliphatic carbocycles. The van der Waals surface area contributed by atoms with Crippen LogP contribution in [0.1, 0.15) is 35.3 Å². The molecule has 2 aromatic rings. The van der Waals surface area contributed by atoms with Crippen LogP contribution < -0.4 is 4.74 Å². The molecule has 2 rings (SSSR count). The molecule has 0 saturated heterocycles. The van der Waals surface area contributed by atoms with E-state index >= 15 is 0 Å². The van der Waals surface area contributed by atoms with Crippen LogP contribution in [0.2, 0.25) is 0 Å². The van der Waals surface area contributed by atoms with Gasteiger partial charge in [0.25, 0.3) is 0 Å². The van der Waals surface area contributed by atoms with E-state index in [-0.39, 0.29) is 0 Å². The van der Waals surface area contributed by atoms with Gasteiger partial charge in [-0.1, -0.05) is 35.9 Å². The first kappa shape index (κ1) is 13.6. The van der Waals surface area contributed by atoms with Gasteiger partial charge in [0.05, 0.1) is 6.61 Å². The maximum absolute atomic E-state index is 10.5. The molecule has 0 aromatic heterocycles. The summed E-state index contributed by atoms with van der Waals surface area (Å²) in [6.45, 7) is 6.66. The quantitative estimate of drug-likeness (QED) is 0.902. The molecular formula is C17H20O2. The van der Waals surface area contributed by atoms with E-state index in [9.17, 15) is 5.11 Å². The van der Waals surface area contributed by atoms with Gasteiger partial charge in [-0.2, -0.15) is 0 Å². The number of ether oxygens (including phenoxy) is 1. The zero-order valence-electron chi connectivity index (χ0n) is 11.7. The minimum absolute atomic E-state index is 0.610. The highest BCUT2D eigenvalue weighted by Gasteiger charge is 2.13. The lowest BCUT2D eigenvalue weighted by Crippen LogP contribution is -2.03. The third-order valence-electron chi connectivity index (χ3n) is 3.20. The molecule has 2 heteroatoms. The Morgan fingerprint density at radius 1 is 1.11 bits per heavy atom. The van der Waals surface area contributed by atoms with Crippen LogP contribution in [0, 0.1) is 13.8 Å². The highest BCUT2D eigenvalue weighted by molar-refractivity contribution is 5.39. The molecule has 0 aliphatic rings. The summed E-state index contributed by atoms with van der Waals surface area (Å²) in [5.41, 5.74) is 4.11. The zero-order valence-corrected chi connectivity index (χ0v) is 11.7. The summed E-state index contributed by atoms with van der Waals surface area (Å²) in [5.74, 6) is 0.795. The molecule has 1 N–H and O–H groups in total. The highest BCUT2D eigenvalue weighted by Crippen LogP contribution is 2.27. The van der Waals surface area contributed by atoms with E-state index in [2.05, 4.69) is 13.0 Å². The molecule has 0 aliphatic heterocycles. The second-order valence-electron chi connectivity index (χ2n) is 4.77. The Bertz CT molecular complexity index is 561. The van der Waals surface area contributed by atoms with Crippen molar-refractivity contribution >= 4 is 0 Å². The SMILES string of the molecule is CCOc1cccc(C(O)c2ccc(C)cc2C)c1. The molecule has 19 heavy (non-hydrogen) atoms. The van der Waals surface area contributed by atoms with Crippen molar-refractivity contribution in [2.45, 2.75) is 26.9 Å². The molecule has 1 unspecified atom stereocenters. The van der Waals surface area contributed by atoms with Crippen molar-refractivity contribution in [3.05, 3.63) is 64.7 Å². The fraction of sp³-hybridized carbons (Fsp3) is 0.294. The molecule has 0 amide bonds. The van der Waals surface area contributed by atoms with Gasteiger partial charge in [-0.3, -0.25) is 0 Å². The molecule has 1 atom stereocenters. The minimum atomic E-state index is -0.610. The van der Waals surface area contributed by atoms with E-state index in [1.54, 1.807) is 0 Å². The minimum Gasteiger partial charge on any atom is -0.494 e. The van der Waals surface area contributed by atoms with E-state index in [1.165, 1.54) is 5.56 Å². The number of aryl methyl sites for hydroxylation is 2. The highest BCUT2D eigenvalue weighted by atomic mass is 16.5. The topological polar surface area (TPSA) is 29.5 Å². The second kappa shape index (κ2) is 5.89. The van der Waals surface area contributed by atoms with Gasteiger partial charge in [-0.25, -0.2) is 0 Å². The van der Waals surface area contributed by atoms with Crippen LogP contribution in [0.5, 0.6) is 5.75 Å². The van der Waals surface area contributed by atoms with Gasteiger partial charge in [0.1, 0.15) is 11.9 Å². The third-order valence-corrected chi connectivity index (χ3v) is 3.20. The molecule has 0 radical (unpaired) electrons. The molecule has 100 valence electrons. The third kappa shape index (κ3) is 3.15. The number of aliphatic hydroxyl groups excluding tert-OH is 1. The lowest BCUT2D eigenvalue weighted by atomic mass is 9.96. The van der Waals surface area contributed by atoms with E-state index in [0.29, 0.717) is 6.61 Å². The normalized spacial score (nSPS) is 12.2. The molecule has 0 fully saturated rings. The van der Waals surface area contributed by atoms with Gasteiger partial charge in [0.2, 0.25) is 0 Å². The summed E-state index contributed by atoms with van der Waals surface area (Å²) >= 11 is 0. The van der Waals surface area contributed by atoms with Crippen LogP contribution in [0.3, 0.4) is 0 Å². The van der Waals surface area contributed by atoms with E-state index in [4.69, 9.17) is 4.74 Å². The molecule has 2 aromatic carbocycles. The number of aliphatic hydroxyl groups is 1. The van der Waals surface area contributed by atoms with Gasteiger partial charge >= 0.3 is 0 Å². The number of hydrogen-bond donors (Lipinski definition) is 1. The number of benzene rings is 2. The smallest absolute Gasteiger partial charge is 0.119 e. The summed E-state index contributed by atoms with van der Waals surface area (Å²) < 4.78 is 5.47. The van der Waals surface area contributed by atoms with Crippen LogP contribution in [0.4, 0.5) is 0 Å². The maximum Gasteiger partial charge on any atom is 0.119 e. The average molecular weight is 256 g/mol. The first-order valence-electron chi connectivity index (χ1n) is 6.59. The standard InChI is InChI=1S/C17H20O2/c1-4-19-15-7-5-6-14(11-15)17(18)16-9-8-12(2)10-13(16)3/h5-11,17-18H,4H2,1-3H3. The van der Waals surface area contributed by atoms with Crippen LogP contribution in [0.15, 0.2) is 42.5 Å². The largest absolute Gasteiger partial charge is 0.494 e. The maximum atomic E-state index is 10.5. The first-order valence-corrected chi connectivity index (χ1v) is 6.59. The van der Waals surface area contributed by atoms with Gasteiger partial charge in [0, 0.05) is 0 Å². The second-order valence-corrected chi connectivity index (χ2v) is 4.77. The Morgan fingerprint density at radius 2 is 1.89 bits per heavy atom. The van der Waals surface area contributed by atoms with Crippen LogP contribution in [-0.4, -0.2) is 11.7 Å². The van der Waals surface area contributed by atoms with Crippen LogP contribution >= 0.6 is 0 Å². The summed E-state index contributed by atoms with van der Waals surface area (Å²) in [4.78, 5) is 0. The molecule has 0 bridgehead atoms. The van der Waals surface area contributed by atoms with Gasteiger partial charge in [-0.15, -0.1) is 0 Å². The summed E-state index contributed by atoms with van der Waals surface area (Å²) in [5, 5.41) is 10.5. The summed E-state index contributed by atoms with van der Waals surface area (Å²) in [6, 6.07) is 13.7. The average Bonchev–Trinajstić information content (AvgIpc) is 2.39. The molecule has 2 nitrogen and oxygen atoms in total. The Hall–Kier alpha value is -1.80. The van der Waals surface area contributed by atoms with Crippen molar-refractivity contribution in [1.29, 1.82) is 0 Å². The molecule has 0 spiro atoms. The molecule has 0 heterocycles. The lowest BCUT2D eigenvalue weighted by molar-refractivity contribution is 0.218.